The summed E-state index contributed by atoms with van der Waals surface area (Å²) < 4.78 is 38.3. The number of hydrogen-bond donors (Lipinski definition) is 0. The Kier molecular flexibility index (Phi) is 7.81. The summed E-state index contributed by atoms with van der Waals surface area (Å²) in [5.41, 5.74) is 0.373. The molecule has 0 radical (unpaired) electrons. The van der Waals surface area contributed by atoms with Crippen molar-refractivity contribution in [3.8, 4) is 0 Å². The second-order valence-corrected chi connectivity index (χ2v) is 6.56. The average Bonchev–Trinajstić information content (AvgIpc) is 2.45. The van der Waals surface area contributed by atoms with Crippen LogP contribution in [0.25, 0.3) is 0 Å². The van der Waals surface area contributed by atoms with Crippen LogP contribution in [0, 0.1) is 10.1 Å². The van der Waals surface area contributed by atoms with Crippen LogP contribution in [0.2, 0.25) is 0 Å². The molecule has 0 heterocycles. The molecule has 9 heteroatoms. The summed E-state index contributed by atoms with van der Waals surface area (Å²) in [6, 6.07) is 11.4. The van der Waals surface area contributed by atoms with Gasteiger partial charge in [-0.2, -0.15) is 0 Å². The Morgan fingerprint density at radius 1 is 1.00 bits per heavy atom. The van der Waals surface area contributed by atoms with E-state index in [0.29, 0.717) is 5.32 Å². The van der Waals surface area contributed by atoms with E-state index < -0.39 is 17.4 Å². The van der Waals surface area contributed by atoms with Gasteiger partial charge in [0.05, 0.1) is 0 Å². The van der Waals surface area contributed by atoms with Crippen LogP contribution >= 0.6 is 0 Å². The molecule has 110 valence electrons. The zero-order valence-corrected chi connectivity index (χ0v) is 16.5. The van der Waals surface area contributed by atoms with Crippen LogP contribution in [0.3, 0.4) is 0 Å². The number of hydrogen-bond acceptors (Lipinski definition) is 2. The van der Waals surface area contributed by atoms with Gasteiger partial charge in [-0.15, -0.1) is 0 Å². The Morgan fingerprint density at radius 2 is 1.55 bits per heavy atom. The molecule has 0 N–H and O–H groups in total. The monoisotopic (exact) mass is 399 g/mol. The summed E-state index contributed by atoms with van der Waals surface area (Å²) in [4.78, 5) is 10.1. The summed E-state index contributed by atoms with van der Waals surface area (Å²) in [6.45, 7) is -4.95. The van der Waals surface area contributed by atoms with Crippen LogP contribution in [0.5, 0.6) is 0 Å². The van der Waals surface area contributed by atoms with Crippen LogP contribution in [0.4, 0.5) is 18.6 Å². The third kappa shape index (κ3) is 5.81. The first-order valence-corrected chi connectivity index (χ1v) is 8.09. The molecule has 2 aromatic carbocycles. The molecule has 0 aromatic heterocycles. The van der Waals surface area contributed by atoms with Gasteiger partial charge in [0.25, 0.3) is 0 Å². The zero-order chi connectivity index (χ0) is 15.5. The van der Waals surface area contributed by atoms with Crippen molar-refractivity contribution in [3.63, 3.8) is 0 Å². The van der Waals surface area contributed by atoms with Gasteiger partial charge < -0.3 is 0 Å². The molecular weight excluding hydrogens is 388 g/mol. The van der Waals surface area contributed by atoms with Gasteiger partial charge in [0.1, 0.15) is 0 Å². The predicted octanol–water partition coefficient (Wildman–Crippen LogP) is -0.817. The molecule has 0 unspecified atom stereocenters. The zero-order valence-electron chi connectivity index (χ0n) is 11.7. The molecule has 22 heavy (non-hydrogen) atoms. The number of nitro benzene ring substituents is 1. The van der Waals surface area contributed by atoms with Gasteiger partial charge in [-0.25, -0.2) is 0 Å². The summed E-state index contributed by atoms with van der Waals surface area (Å²) in [5, 5.41) is 11.2. The molecule has 0 saturated carbocycles. The smallest absolute Gasteiger partial charge is 1.00 e. The molecule has 0 aliphatic carbocycles. The fourth-order valence-electron chi connectivity index (χ4n) is 1.66. The van der Waals surface area contributed by atoms with Crippen LogP contribution in [-0.2, 0) is 5.32 Å². The summed E-state index contributed by atoms with van der Waals surface area (Å²) in [6.07, 6.45) is 0. The normalized spacial score (nSPS) is 10.9. The molecule has 0 bridgehead atoms. The van der Waals surface area contributed by atoms with Gasteiger partial charge in [-0.3, -0.25) is 0 Å². The first-order valence-electron chi connectivity index (χ1n) is 6.02. The van der Waals surface area contributed by atoms with E-state index >= 15 is 0 Å². The number of nitrogens with zero attached hydrogens (tertiary/aromatic N) is 1. The quantitative estimate of drug-likeness (QED) is 0.376. The van der Waals surface area contributed by atoms with Crippen molar-refractivity contribution >= 4 is 37.5 Å². The molecule has 0 atom stereocenters. The third-order valence-electron chi connectivity index (χ3n) is 2.81. The fourth-order valence-corrected chi connectivity index (χ4v) is 3.46. The topological polar surface area (TPSA) is 43.1 Å². The Balaban J connectivity index is 0.00000242. The van der Waals surface area contributed by atoms with E-state index in [2.05, 4.69) is 0 Å². The SMILES string of the molecule is O=[N+]([O-])c1ccc(C[Se]c2ccc([B-](F)(F)F)cc2)cc1.[K+]. The maximum Gasteiger partial charge on any atom is 1.00 e. The molecule has 2 aromatic rings. The van der Waals surface area contributed by atoms with Crippen molar-refractivity contribution in [3.05, 3.63) is 64.2 Å². The van der Waals surface area contributed by atoms with Gasteiger partial charge in [0.15, 0.2) is 0 Å². The molecule has 0 aliphatic heterocycles. The van der Waals surface area contributed by atoms with Gasteiger partial charge in [-0.05, 0) is 0 Å². The Labute approximate surface area is 174 Å². The summed E-state index contributed by atoms with van der Waals surface area (Å²) >= 11 is -0.00668. The number of halogens is 3. The minimum atomic E-state index is -4.95. The number of nitro groups is 1. The summed E-state index contributed by atoms with van der Waals surface area (Å²) in [5.74, 6) is 0. The second kappa shape index (κ2) is 8.63. The van der Waals surface area contributed by atoms with Gasteiger partial charge in [0.2, 0.25) is 0 Å². The fraction of sp³-hybridized carbons (Fsp3) is 0.0769. The van der Waals surface area contributed by atoms with Crippen LogP contribution < -0.4 is 61.3 Å². The predicted molar refractivity (Wildman–Crippen MR) is 77.3 cm³/mol. The van der Waals surface area contributed by atoms with E-state index in [9.17, 15) is 23.1 Å². The first kappa shape index (κ1) is 19.9. The van der Waals surface area contributed by atoms with Gasteiger partial charge in [-0.1, -0.05) is 0 Å². The second-order valence-electron chi connectivity index (χ2n) is 4.36. The Hall–Kier alpha value is -0.149. The number of rotatable bonds is 5. The van der Waals surface area contributed by atoms with E-state index in [1.54, 1.807) is 12.1 Å². The van der Waals surface area contributed by atoms with Crippen molar-refractivity contribution in [1.29, 1.82) is 0 Å². The molecule has 0 spiro atoms. The van der Waals surface area contributed by atoms with E-state index in [-0.39, 0.29) is 72.0 Å². The van der Waals surface area contributed by atoms with E-state index in [4.69, 9.17) is 0 Å². The van der Waals surface area contributed by atoms with Gasteiger partial charge in [0, 0.05) is 0 Å². The average molecular weight is 398 g/mol. The van der Waals surface area contributed by atoms with Crippen LogP contribution in [0.1, 0.15) is 5.56 Å². The molecule has 0 amide bonds. The first-order chi connectivity index (χ1) is 9.86. The Bertz CT molecular complexity index is 635. The number of non-ortho nitro benzene ring substituents is 1. The maximum absolute atomic E-state index is 12.5. The van der Waals surface area contributed by atoms with Gasteiger partial charge >= 0.3 is 176 Å². The minimum Gasteiger partial charge on any atom is 1.00 e. The minimum absolute atomic E-state index is 0. The van der Waals surface area contributed by atoms with Crippen molar-refractivity contribution in [2.75, 3.05) is 0 Å². The molecule has 0 fully saturated rings. The van der Waals surface area contributed by atoms with E-state index in [1.165, 1.54) is 24.3 Å². The molecular formula is C13H10BF3KNO2Se. The van der Waals surface area contributed by atoms with Crippen molar-refractivity contribution in [2.24, 2.45) is 0 Å². The largest absolute Gasteiger partial charge is 1.00 e. The maximum atomic E-state index is 12.5. The summed E-state index contributed by atoms with van der Waals surface area (Å²) in [7, 11) is 0. The molecule has 2 rings (SSSR count). The van der Waals surface area contributed by atoms with Crippen molar-refractivity contribution in [2.45, 2.75) is 5.32 Å². The van der Waals surface area contributed by atoms with E-state index in [0.717, 1.165) is 22.2 Å². The Morgan fingerprint density at radius 3 is 2.00 bits per heavy atom. The molecule has 3 nitrogen and oxygen atoms in total. The van der Waals surface area contributed by atoms with E-state index in [1.807, 2.05) is 0 Å². The standard InChI is InChI=1S/C13H10BF3NO2Se.K/c15-14(16,17)11-3-7-13(8-4-11)21-9-10-1-5-12(6-2-10)18(19)20;/h1-8H,9H2;/q-1;+1. The third-order valence-corrected chi connectivity index (χ3v) is 5.08. The van der Waals surface area contributed by atoms with Crippen molar-refractivity contribution in [1.82, 2.24) is 0 Å². The van der Waals surface area contributed by atoms with Crippen LogP contribution in [-0.4, -0.2) is 26.9 Å². The molecule has 0 saturated heterocycles. The van der Waals surface area contributed by atoms with Crippen molar-refractivity contribution < 1.29 is 69.3 Å². The molecule has 0 aliphatic rings. The number of benzene rings is 2. The van der Waals surface area contributed by atoms with Crippen LogP contribution in [0.15, 0.2) is 48.5 Å².